The maximum absolute atomic E-state index is 12.8. The first-order valence-electron chi connectivity index (χ1n) is 9.20. The molecule has 1 N–H and O–H groups in total. The van der Waals surface area contributed by atoms with Gasteiger partial charge in [-0.1, -0.05) is 36.4 Å². The molecule has 1 aliphatic rings. The number of nitrogens with zero attached hydrogens (tertiary/aromatic N) is 1. The number of hydrogen-bond donors (Lipinski definition) is 1. The number of amides is 1. The van der Waals surface area contributed by atoms with E-state index in [2.05, 4.69) is 41.7 Å². The molecule has 1 amide bonds. The Morgan fingerprint density at radius 3 is 2.19 bits per heavy atom. The molecule has 1 saturated heterocycles. The number of rotatable bonds is 5. The SMILES string of the molecule is COc1ccc(-c2ccc(C[C@@]3(C(=O)N(C)C)CCCNC3)cc2)cc1. The van der Waals surface area contributed by atoms with Crippen LogP contribution in [0.3, 0.4) is 0 Å². The monoisotopic (exact) mass is 352 g/mol. The van der Waals surface area contributed by atoms with Crippen LogP contribution in [0, 0.1) is 5.41 Å². The Kier molecular flexibility index (Phi) is 5.62. The van der Waals surface area contributed by atoms with Gasteiger partial charge in [0.2, 0.25) is 5.91 Å². The van der Waals surface area contributed by atoms with E-state index < -0.39 is 0 Å². The number of ether oxygens (including phenoxy) is 1. The molecule has 26 heavy (non-hydrogen) atoms. The Morgan fingerprint density at radius 1 is 1.08 bits per heavy atom. The van der Waals surface area contributed by atoms with E-state index in [4.69, 9.17) is 4.74 Å². The van der Waals surface area contributed by atoms with E-state index in [-0.39, 0.29) is 11.3 Å². The van der Waals surface area contributed by atoms with E-state index in [1.807, 2.05) is 26.2 Å². The lowest BCUT2D eigenvalue weighted by Crippen LogP contribution is -2.51. The summed E-state index contributed by atoms with van der Waals surface area (Å²) in [5, 5.41) is 3.42. The number of nitrogens with one attached hydrogen (secondary N) is 1. The number of hydrogen-bond acceptors (Lipinski definition) is 3. The average Bonchev–Trinajstić information content (AvgIpc) is 2.68. The summed E-state index contributed by atoms with van der Waals surface area (Å²) in [6.45, 7) is 1.75. The summed E-state index contributed by atoms with van der Waals surface area (Å²) in [4.78, 5) is 14.6. The first-order chi connectivity index (χ1) is 12.5. The fourth-order valence-electron chi connectivity index (χ4n) is 3.84. The van der Waals surface area contributed by atoms with E-state index in [1.54, 1.807) is 12.0 Å². The lowest BCUT2D eigenvalue weighted by atomic mass is 9.74. The van der Waals surface area contributed by atoms with Gasteiger partial charge in [0.25, 0.3) is 0 Å². The van der Waals surface area contributed by atoms with Gasteiger partial charge in [0.15, 0.2) is 0 Å². The van der Waals surface area contributed by atoms with Crippen molar-refractivity contribution in [3.8, 4) is 16.9 Å². The van der Waals surface area contributed by atoms with Crippen molar-refractivity contribution in [2.45, 2.75) is 19.3 Å². The minimum atomic E-state index is -0.330. The molecule has 1 heterocycles. The van der Waals surface area contributed by atoms with E-state index >= 15 is 0 Å². The van der Waals surface area contributed by atoms with Crippen LogP contribution in [0.15, 0.2) is 48.5 Å². The molecule has 0 unspecified atom stereocenters. The highest BCUT2D eigenvalue weighted by Gasteiger charge is 2.40. The zero-order chi connectivity index (χ0) is 18.6. The number of piperidine rings is 1. The van der Waals surface area contributed by atoms with E-state index in [0.717, 1.165) is 43.7 Å². The largest absolute Gasteiger partial charge is 0.497 e. The molecule has 1 atom stereocenters. The Bertz CT molecular complexity index is 730. The van der Waals surface area contributed by atoms with Gasteiger partial charge in [-0.15, -0.1) is 0 Å². The van der Waals surface area contributed by atoms with Gasteiger partial charge in [0.05, 0.1) is 12.5 Å². The lowest BCUT2D eigenvalue weighted by molar-refractivity contribution is -0.140. The Hall–Kier alpha value is -2.33. The maximum Gasteiger partial charge on any atom is 0.229 e. The van der Waals surface area contributed by atoms with E-state index in [9.17, 15) is 4.79 Å². The zero-order valence-electron chi connectivity index (χ0n) is 15.9. The molecule has 0 saturated carbocycles. The molecule has 4 heteroatoms. The summed E-state index contributed by atoms with van der Waals surface area (Å²) in [7, 11) is 5.38. The van der Waals surface area contributed by atoms with Crippen LogP contribution < -0.4 is 10.1 Å². The molecule has 0 radical (unpaired) electrons. The number of methoxy groups -OCH3 is 1. The average molecular weight is 352 g/mol. The molecule has 138 valence electrons. The van der Waals surface area contributed by atoms with Crippen LogP contribution >= 0.6 is 0 Å². The smallest absolute Gasteiger partial charge is 0.229 e. The molecular formula is C22H28N2O2. The lowest BCUT2D eigenvalue weighted by Gasteiger charge is -2.38. The van der Waals surface area contributed by atoms with Gasteiger partial charge in [-0.25, -0.2) is 0 Å². The van der Waals surface area contributed by atoms with E-state index in [1.165, 1.54) is 11.1 Å². The number of benzene rings is 2. The Balaban J connectivity index is 1.79. The second kappa shape index (κ2) is 7.92. The third-order valence-corrected chi connectivity index (χ3v) is 5.25. The highest BCUT2D eigenvalue weighted by molar-refractivity contribution is 5.83. The Morgan fingerprint density at radius 2 is 1.69 bits per heavy atom. The normalized spacial score (nSPS) is 19.8. The number of carbonyl (C=O) groups is 1. The molecular weight excluding hydrogens is 324 g/mol. The second-order valence-electron chi connectivity index (χ2n) is 7.36. The van der Waals surface area contributed by atoms with Crippen LogP contribution in [-0.4, -0.2) is 45.1 Å². The highest BCUT2D eigenvalue weighted by Crippen LogP contribution is 2.33. The van der Waals surface area contributed by atoms with Gasteiger partial charge in [-0.2, -0.15) is 0 Å². The van der Waals surface area contributed by atoms with Gasteiger partial charge < -0.3 is 15.0 Å². The minimum absolute atomic E-state index is 0.226. The van der Waals surface area contributed by atoms with Crippen molar-refractivity contribution < 1.29 is 9.53 Å². The van der Waals surface area contributed by atoms with Crippen molar-refractivity contribution >= 4 is 5.91 Å². The topological polar surface area (TPSA) is 41.6 Å². The maximum atomic E-state index is 12.8. The standard InChI is InChI=1S/C22H28N2O2/c1-24(2)21(25)22(13-4-14-23-16-22)15-17-5-7-18(8-6-17)19-9-11-20(26-3)12-10-19/h5-12,23H,4,13-16H2,1-3H3/t22-/m0/s1. The molecule has 0 spiro atoms. The van der Waals surface area contributed by atoms with Crippen molar-refractivity contribution in [3.63, 3.8) is 0 Å². The molecule has 0 bridgehead atoms. The summed E-state index contributed by atoms with van der Waals surface area (Å²) in [5.41, 5.74) is 3.21. The molecule has 1 fully saturated rings. The van der Waals surface area contributed by atoms with E-state index in [0.29, 0.717) is 0 Å². The van der Waals surface area contributed by atoms with Gasteiger partial charge in [-0.05, 0) is 54.6 Å². The number of carbonyl (C=O) groups excluding carboxylic acids is 1. The van der Waals surface area contributed by atoms with Crippen molar-refractivity contribution in [1.82, 2.24) is 10.2 Å². The van der Waals surface area contributed by atoms with Crippen LogP contribution in [0.4, 0.5) is 0 Å². The van der Waals surface area contributed by atoms with Gasteiger partial charge in [-0.3, -0.25) is 4.79 Å². The Labute approximate surface area is 156 Å². The molecule has 0 aromatic heterocycles. The molecule has 4 nitrogen and oxygen atoms in total. The van der Waals surface area contributed by atoms with Crippen LogP contribution in [0.2, 0.25) is 0 Å². The van der Waals surface area contributed by atoms with Crippen LogP contribution in [0.25, 0.3) is 11.1 Å². The highest BCUT2D eigenvalue weighted by atomic mass is 16.5. The van der Waals surface area contributed by atoms with Crippen molar-refractivity contribution in [1.29, 1.82) is 0 Å². The summed E-state index contributed by atoms with van der Waals surface area (Å²) in [6.07, 6.45) is 2.76. The fraction of sp³-hybridized carbons (Fsp3) is 0.409. The van der Waals surface area contributed by atoms with Gasteiger partial charge in [0.1, 0.15) is 5.75 Å². The molecule has 2 aromatic carbocycles. The van der Waals surface area contributed by atoms with Gasteiger partial charge >= 0.3 is 0 Å². The van der Waals surface area contributed by atoms with Crippen molar-refractivity contribution in [2.75, 3.05) is 34.3 Å². The van der Waals surface area contributed by atoms with Gasteiger partial charge in [0, 0.05) is 20.6 Å². The van der Waals surface area contributed by atoms with Crippen molar-refractivity contribution in [3.05, 3.63) is 54.1 Å². The van der Waals surface area contributed by atoms with Crippen LogP contribution in [0.5, 0.6) is 5.75 Å². The predicted molar refractivity (Wildman–Crippen MR) is 105 cm³/mol. The molecule has 3 rings (SSSR count). The van der Waals surface area contributed by atoms with Crippen molar-refractivity contribution in [2.24, 2.45) is 5.41 Å². The summed E-state index contributed by atoms with van der Waals surface area (Å²) in [5.74, 6) is 1.09. The molecule has 1 aliphatic heterocycles. The zero-order valence-corrected chi connectivity index (χ0v) is 15.9. The first-order valence-corrected chi connectivity index (χ1v) is 9.20. The summed E-state index contributed by atoms with van der Waals surface area (Å²) < 4.78 is 5.22. The summed E-state index contributed by atoms with van der Waals surface area (Å²) in [6, 6.07) is 16.7. The molecule has 2 aromatic rings. The van der Waals surface area contributed by atoms with Crippen LogP contribution in [-0.2, 0) is 11.2 Å². The third kappa shape index (κ3) is 3.91. The second-order valence-corrected chi connectivity index (χ2v) is 7.36. The molecule has 0 aliphatic carbocycles. The summed E-state index contributed by atoms with van der Waals surface area (Å²) >= 11 is 0. The fourth-order valence-corrected chi connectivity index (χ4v) is 3.84. The van der Waals surface area contributed by atoms with Crippen LogP contribution in [0.1, 0.15) is 18.4 Å². The quantitative estimate of drug-likeness (QED) is 0.897. The third-order valence-electron chi connectivity index (χ3n) is 5.25. The predicted octanol–water partition coefficient (Wildman–Crippen LogP) is 3.36. The first kappa shape index (κ1) is 18.5. The minimum Gasteiger partial charge on any atom is -0.497 e.